The number of hydrogen-bond donors (Lipinski definition) is 3. The number of nitrogens with zero attached hydrogens (tertiary/aromatic N) is 1. The predicted molar refractivity (Wildman–Crippen MR) is 94.8 cm³/mol. The molecule has 0 aromatic carbocycles. The highest BCUT2D eigenvalue weighted by Gasteiger charge is 2.26. The molecule has 0 aromatic rings. The minimum Gasteiger partial charge on any atom is -0.286 e. The molecule has 26 heavy (non-hydrogen) atoms. The summed E-state index contributed by atoms with van der Waals surface area (Å²) in [4.78, 5) is 20.5. The molecule has 1 aliphatic rings. The fourth-order valence-electron chi connectivity index (χ4n) is 1.63. The maximum Gasteiger partial charge on any atom is 0.264 e. The quantitative estimate of drug-likeness (QED) is 0.229. The first-order valence-electron chi connectivity index (χ1n) is 8.29. The molecule has 1 heterocycles. The van der Waals surface area contributed by atoms with Gasteiger partial charge in [0.15, 0.2) is 0 Å². The fourth-order valence-corrected chi connectivity index (χ4v) is 2.77. The van der Waals surface area contributed by atoms with Crippen LogP contribution in [0.2, 0.25) is 0 Å². The third kappa shape index (κ3) is 19.2. The van der Waals surface area contributed by atoms with Gasteiger partial charge in [0, 0.05) is 12.8 Å². The maximum atomic E-state index is 10.2. The van der Waals surface area contributed by atoms with Gasteiger partial charge in [-0.15, -0.1) is 0 Å². The highest BCUT2D eigenvalue weighted by atomic mass is 32.2. The van der Waals surface area contributed by atoms with Crippen LogP contribution in [0.15, 0.2) is 0 Å². The molecule has 0 bridgehead atoms. The van der Waals surface area contributed by atoms with Crippen molar-refractivity contribution in [3.8, 4) is 0 Å². The van der Waals surface area contributed by atoms with Gasteiger partial charge in [0.25, 0.3) is 32.1 Å². The van der Waals surface area contributed by atoms with E-state index in [9.17, 15) is 26.4 Å². The zero-order chi connectivity index (χ0) is 20.8. The lowest BCUT2D eigenvalue weighted by atomic mass is 10.3. The zero-order valence-corrected chi connectivity index (χ0v) is 16.8. The molecule has 0 unspecified atom stereocenters. The van der Waals surface area contributed by atoms with Gasteiger partial charge in [-0.2, -0.15) is 21.9 Å². The normalized spacial score (nSPS) is 14.4. The highest BCUT2D eigenvalue weighted by molar-refractivity contribution is 7.86. The molecule has 0 spiro atoms. The van der Waals surface area contributed by atoms with Gasteiger partial charge in [0.1, 0.15) is 0 Å². The number of hydrogen-bond acceptors (Lipinski definition) is 7. The molecule has 1 saturated heterocycles. The zero-order valence-electron chi connectivity index (χ0n) is 15.1. The average Bonchev–Trinajstić information content (AvgIpc) is 2.78. The molecule has 0 aliphatic carbocycles. The van der Waals surface area contributed by atoms with Crippen molar-refractivity contribution < 1.29 is 40.7 Å². The summed E-state index contributed by atoms with van der Waals surface area (Å²) in [5.74, 6) is -1.20. The Morgan fingerprint density at radius 1 is 0.769 bits per heavy atom. The Labute approximate surface area is 155 Å². The molecule has 2 amide bonds. The van der Waals surface area contributed by atoms with Crippen LogP contribution in [0.25, 0.3) is 0 Å². The smallest absolute Gasteiger partial charge is 0.264 e. The van der Waals surface area contributed by atoms with Crippen molar-refractivity contribution >= 4 is 32.1 Å². The predicted octanol–water partition coefficient (Wildman–Crippen LogP) is 1.65. The van der Waals surface area contributed by atoms with Crippen molar-refractivity contribution in [2.45, 2.75) is 65.2 Å². The van der Waals surface area contributed by atoms with Gasteiger partial charge in [-0.25, -0.2) is 0 Å². The van der Waals surface area contributed by atoms with Crippen LogP contribution in [0.1, 0.15) is 65.2 Å². The molecule has 1 rings (SSSR count). The second-order valence-electron chi connectivity index (χ2n) is 5.59. The average molecular weight is 420 g/mol. The molecule has 0 saturated carbocycles. The number of carbonyl (C=O) groups is 2. The second-order valence-corrected chi connectivity index (χ2v) is 8.73. The molecule has 1 aliphatic heterocycles. The van der Waals surface area contributed by atoms with E-state index < -0.39 is 32.1 Å². The van der Waals surface area contributed by atoms with Crippen molar-refractivity contribution in [3.05, 3.63) is 0 Å². The van der Waals surface area contributed by atoms with Gasteiger partial charge in [0.2, 0.25) is 0 Å². The summed E-state index contributed by atoms with van der Waals surface area (Å²) in [6, 6.07) is 0. The summed E-state index contributed by atoms with van der Waals surface area (Å²) >= 11 is 0. The molecule has 0 aromatic heterocycles. The van der Waals surface area contributed by atoms with E-state index in [1.165, 1.54) is 0 Å². The van der Waals surface area contributed by atoms with Crippen molar-refractivity contribution in [1.29, 1.82) is 0 Å². The van der Waals surface area contributed by atoms with E-state index in [0.717, 1.165) is 25.7 Å². The summed E-state index contributed by atoms with van der Waals surface area (Å²) in [6.45, 7) is 3.95. The van der Waals surface area contributed by atoms with Crippen LogP contribution in [-0.2, 0) is 29.8 Å². The van der Waals surface area contributed by atoms with Gasteiger partial charge in [-0.05, 0) is 12.8 Å². The maximum absolute atomic E-state index is 10.2. The summed E-state index contributed by atoms with van der Waals surface area (Å²) in [5.41, 5.74) is 0. The first-order valence-corrected chi connectivity index (χ1v) is 11.5. The fraction of sp³-hybridized carbons (Fsp3) is 0.857. The third-order valence-electron chi connectivity index (χ3n) is 3.04. The monoisotopic (exact) mass is 419 g/mol. The van der Waals surface area contributed by atoms with E-state index >= 15 is 0 Å². The number of imide groups is 1. The lowest BCUT2D eigenvalue weighted by Crippen LogP contribution is -2.24. The van der Waals surface area contributed by atoms with Crippen LogP contribution >= 0.6 is 0 Å². The first kappa shape index (κ1) is 27.1. The molecule has 12 heteroatoms. The topological polar surface area (TPSA) is 166 Å². The van der Waals surface area contributed by atoms with Gasteiger partial charge >= 0.3 is 0 Å². The van der Waals surface area contributed by atoms with E-state index in [1.54, 1.807) is 0 Å². The van der Waals surface area contributed by atoms with E-state index in [0.29, 0.717) is 12.8 Å². The number of amides is 2. The van der Waals surface area contributed by atoms with Crippen LogP contribution < -0.4 is 0 Å². The Balaban J connectivity index is 0. The Bertz CT molecular complexity index is 560. The van der Waals surface area contributed by atoms with Crippen molar-refractivity contribution in [2.24, 2.45) is 0 Å². The summed E-state index contributed by atoms with van der Waals surface area (Å²) < 4.78 is 56.7. The van der Waals surface area contributed by atoms with Crippen molar-refractivity contribution in [2.75, 3.05) is 11.5 Å². The van der Waals surface area contributed by atoms with E-state index in [1.807, 2.05) is 13.8 Å². The molecule has 3 N–H and O–H groups in total. The lowest BCUT2D eigenvalue weighted by molar-refractivity contribution is -0.171. The molecule has 0 radical (unpaired) electrons. The standard InChI is InChI=1S/2C5H12O3S.C4H5NO3/c2*1-2-3-4-5-9(6,7)8;6-3-1-2-4(7)5(3)8/h2*2-5H2,1H3,(H,6,7,8);8H,1-2H2. The van der Waals surface area contributed by atoms with Crippen LogP contribution in [-0.4, -0.2) is 59.5 Å². The first-order chi connectivity index (χ1) is 11.8. The SMILES string of the molecule is CCCCCS(=O)(=O)O.CCCCCS(=O)(=O)O.O=C1CCC(=O)N1O. The molecule has 10 nitrogen and oxygen atoms in total. The Kier molecular flexibility index (Phi) is 14.7. The van der Waals surface area contributed by atoms with E-state index in [2.05, 4.69) is 0 Å². The molecule has 0 atom stereocenters. The highest BCUT2D eigenvalue weighted by Crippen LogP contribution is 2.07. The number of rotatable bonds is 8. The number of unbranched alkanes of at least 4 members (excludes halogenated alkanes) is 4. The third-order valence-corrected chi connectivity index (χ3v) is 4.65. The lowest BCUT2D eigenvalue weighted by Gasteiger charge is -1.98. The Morgan fingerprint density at radius 3 is 1.23 bits per heavy atom. The van der Waals surface area contributed by atoms with Gasteiger partial charge < -0.3 is 0 Å². The summed E-state index contributed by atoms with van der Waals surface area (Å²) in [5, 5.41) is 8.57. The van der Waals surface area contributed by atoms with Gasteiger partial charge in [-0.3, -0.25) is 23.9 Å². The van der Waals surface area contributed by atoms with Crippen LogP contribution in [0.5, 0.6) is 0 Å². The molecule has 156 valence electrons. The summed E-state index contributed by atoms with van der Waals surface area (Å²) in [6.07, 6.45) is 5.08. The Hall–Kier alpha value is -1.08. The number of carbonyl (C=O) groups excluding carboxylic acids is 2. The minimum atomic E-state index is -3.70. The van der Waals surface area contributed by atoms with Crippen LogP contribution in [0.3, 0.4) is 0 Å². The number of hydroxylamine groups is 2. The van der Waals surface area contributed by atoms with Crippen LogP contribution in [0.4, 0.5) is 0 Å². The summed E-state index contributed by atoms with van der Waals surface area (Å²) in [7, 11) is -7.39. The van der Waals surface area contributed by atoms with E-state index in [-0.39, 0.29) is 29.4 Å². The molecule has 1 fully saturated rings. The van der Waals surface area contributed by atoms with Gasteiger partial charge in [0.05, 0.1) is 11.5 Å². The minimum absolute atomic E-state index is 0.0964. The second kappa shape index (κ2) is 14.0. The molecular formula is C14H29NO9S2. The van der Waals surface area contributed by atoms with Crippen molar-refractivity contribution in [3.63, 3.8) is 0 Å². The molecular weight excluding hydrogens is 390 g/mol. The van der Waals surface area contributed by atoms with Crippen LogP contribution in [0, 0.1) is 0 Å². The van der Waals surface area contributed by atoms with Crippen molar-refractivity contribution in [1.82, 2.24) is 5.06 Å². The van der Waals surface area contributed by atoms with Gasteiger partial charge in [-0.1, -0.05) is 39.5 Å². The largest absolute Gasteiger partial charge is 0.286 e. The Morgan fingerprint density at radius 2 is 1.08 bits per heavy atom. The van der Waals surface area contributed by atoms with E-state index in [4.69, 9.17) is 14.3 Å².